The molecule has 1 heterocycles. The predicted octanol–water partition coefficient (Wildman–Crippen LogP) is 3.45. The van der Waals surface area contributed by atoms with Gasteiger partial charge in [-0.3, -0.25) is 4.99 Å². The van der Waals surface area contributed by atoms with Crippen molar-refractivity contribution in [3.05, 3.63) is 35.4 Å². The Morgan fingerprint density at radius 1 is 1.40 bits per heavy atom. The van der Waals surface area contributed by atoms with E-state index >= 15 is 0 Å². The van der Waals surface area contributed by atoms with Crippen molar-refractivity contribution >= 4 is 5.96 Å². The molecule has 0 spiro atoms. The smallest absolute Gasteiger partial charge is 0.370 e. The zero-order chi connectivity index (χ0) is 18.0. The molecule has 1 aliphatic heterocycles. The molecule has 3 unspecified atom stereocenters. The molecule has 4 nitrogen and oxygen atoms in total. The Labute approximate surface area is 146 Å². The zero-order valence-electron chi connectivity index (χ0n) is 14.5. The maximum absolute atomic E-state index is 12.9. The summed E-state index contributed by atoms with van der Waals surface area (Å²) in [4.78, 5) is 6.63. The lowest BCUT2D eigenvalue weighted by molar-refractivity contribution is -0.137. The van der Waals surface area contributed by atoms with Crippen LogP contribution in [0.5, 0.6) is 0 Å². The number of nitrogens with one attached hydrogen (secondary N) is 1. The average molecular weight is 355 g/mol. The highest BCUT2D eigenvalue weighted by Gasteiger charge is 2.36. The molecule has 1 saturated heterocycles. The van der Waals surface area contributed by atoms with Crippen LogP contribution in [0.2, 0.25) is 0 Å². The van der Waals surface area contributed by atoms with E-state index in [4.69, 9.17) is 4.74 Å². The molecule has 2 aliphatic rings. The molecule has 0 aromatic heterocycles. The fourth-order valence-corrected chi connectivity index (χ4v) is 3.03. The number of guanidine groups is 1. The number of aliphatic imine (C=N–C) groups is 1. The summed E-state index contributed by atoms with van der Waals surface area (Å²) in [6.45, 7) is 6.46. The van der Waals surface area contributed by atoms with Crippen molar-refractivity contribution in [2.75, 3.05) is 26.2 Å². The third-order valence-electron chi connectivity index (χ3n) is 4.68. The minimum Gasteiger partial charge on any atom is -0.370 e. The van der Waals surface area contributed by atoms with Gasteiger partial charge >= 0.3 is 6.18 Å². The third-order valence-corrected chi connectivity index (χ3v) is 4.68. The van der Waals surface area contributed by atoms with Crippen molar-refractivity contribution in [1.29, 1.82) is 0 Å². The van der Waals surface area contributed by atoms with Crippen molar-refractivity contribution < 1.29 is 17.9 Å². The van der Waals surface area contributed by atoms with Crippen LogP contribution in [0.15, 0.2) is 29.3 Å². The van der Waals surface area contributed by atoms with Crippen molar-refractivity contribution in [3.63, 3.8) is 0 Å². The number of alkyl halides is 3. The van der Waals surface area contributed by atoms with Gasteiger partial charge in [-0.15, -0.1) is 0 Å². The number of rotatable bonds is 3. The first-order valence-electron chi connectivity index (χ1n) is 8.73. The summed E-state index contributed by atoms with van der Waals surface area (Å²) in [5.41, 5.74) is -0.0896. The molecule has 2 fully saturated rings. The Morgan fingerprint density at radius 2 is 2.16 bits per heavy atom. The number of nitrogens with zero attached hydrogens (tertiary/aromatic N) is 2. The summed E-state index contributed by atoms with van der Waals surface area (Å²) in [6.07, 6.45) is -3.61. The summed E-state index contributed by atoms with van der Waals surface area (Å²) in [5.74, 6) is 1.47. The van der Waals surface area contributed by atoms with Crippen LogP contribution < -0.4 is 5.32 Å². The van der Waals surface area contributed by atoms with E-state index in [0.717, 1.165) is 18.4 Å². The molecule has 0 bridgehead atoms. The second-order valence-corrected chi connectivity index (χ2v) is 6.69. The number of halogens is 3. The Kier molecular flexibility index (Phi) is 5.22. The lowest BCUT2D eigenvalue weighted by Crippen LogP contribution is -2.49. The first-order chi connectivity index (χ1) is 11.9. The van der Waals surface area contributed by atoms with Crippen LogP contribution in [-0.4, -0.2) is 43.1 Å². The Morgan fingerprint density at radius 3 is 2.80 bits per heavy atom. The predicted molar refractivity (Wildman–Crippen MR) is 90.4 cm³/mol. The minimum absolute atomic E-state index is 0.392. The molecule has 25 heavy (non-hydrogen) atoms. The van der Waals surface area contributed by atoms with E-state index in [-0.39, 0.29) is 0 Å². The SMILES string of the molecule is CCN=C(NC1CC1C)N1CCOC(c2cccc(C(F)(F)F)c2)C1. The topological polar surface area (TPSA) is 36.9 Å². The summed E-state index contributed by atoms with van der Waals surface area (Å²) in [5, 5.41) is 3.46. The van der Waals surface area contributed by atoms with Crippen molar-refractivity contribution in [3.8, 4) is 0 Å². The Balaban J connectivity index is 1.73. The van der Waals surface area contributed by atoms with Crippen molar-refractivity contribution in [2.24, 2.45) is 10.9 Å². The normalized spacial score (nSPS) is 27.3. The number of hydrogen-bond acceptors (Lipinski definition) is 2. The lowest BCUT2D eigenvalue weighted by Gasteiger charge is -2.35. The standard InChI is InChI=1S/C18H24F3N3O/c1-3-22-17(23-15-9-12(15)2)24-7-8-25-16(11-24)13-5-4-6-14(10-13)18(19,20)21/h4-6,10,12,15-16H,3,7-9,11H2,1-2H3,(H,22,23). The largest absolute Gasteiger partial charge is 0.416 e. The van der Waals surface area contributed by atoms with E-state index in [9.17, 15) is 13.2 Å². The van der Waals surface area contributed by atoms with Gasteiger partial charge in [0, 0.05) is 19.1 Å². The quantitative estimate of drug-likeness (QED) is 0.666. The second-order valence-electron chi connectivity index (χ2n) is 6.69. The summed E-state index contributed by atoms with van der Waals surface area (Å²) in [7, 11) is 0. The van der Waals surface area contributed by atoms with Crippen LogP contribution >= 0.6 is 0 Å². The first kappa shape index (κ1) is 18.0. The molecule has 1 aromatic carbocycles. The highest BCUT2D eigenvalue weighted by Crippen LogP contribution is 2.33. The first-order valence-corrected chi connectivity index (χ1v) is 8.73. The van der Waals surface area contributed by atoms with E-state index in [1.54, 1.807) is 6.07 Å². The number of morpholine rings is 1. The molecule has 1 N–H and O–H groups in total. The van der Waals surface area contributed by atoms with Gasteiger partial charge in [-0.1, -0.05) is 19.1 Å². The number of hydrogen-bond donors (Lipinski definition) is 1. The van der Waals surface area contributed by atoms with Gasteiger partial charge in [0.1, 0.15) is 6.10 Å². The molecular weight excluding hydrogens is 331 g/mol. The van der Waals surface area contributed by atoms with Crippen molar-refractivity contribution in [1.82, 2.24) is 10.2 Å². The maximum Gasteiger partial charge on any atom is 0.416 e. The van der Waals surface area contributed by atoms with E-state index in [0.29, 0.717) is 43.8 Å². The van der Waals surface area contributed by atoms with E-state index in [1.807, 2.05) is 6.92 Å². The molecule has 3 rings (SSSR count). The van der Waals surface area contributed by atoms with Gasteiger partial charge in [0.15, 0.2) is 5.96 Å². The van der Waals surface area contributed by atoms with Gasteiger partial charge in [-0.25, -0.2) is 0 Å². The van der Waals surface area contributed by atoms with Gasteiger partial charge < -0.3 is 15.0 Å². The summed E-state index contributed by atoms with van der Waals surface area (Å²) in [6, 6.07) is 5.84. The van der Waals surface area contributed by atoms with Gasteiger partial charge in [-0.05, 0) is 37.0 Å². The van der Waals surface area contributed by atoms with E-state index in [2.05, 4.69) is 22.1 Å². The van der Waals surface area contributed by atoms with Gasteiger partial charge in [-0.2, -0.15) is 13.2 Å². The van der Waals surface area contributed by atoms with Crippen molar-refractivity contribution in [2.45, 2.75) is 38.6 Å². The van der Waals surface area contributed by atoms with Gasteiger partial charge in [0.05, 0.1) is 18.7 Å². The number of benzene rings is 1. The summed E-state index contributed by atoms with van der Waals surface area (Å²) < 4.78 is 44.6. The Hall–Kier alpha value is -1.76. The van der Waals surface area contributed by atoms with Gasteiger partial charge in [0.25, 0.3) is 0 Å². The fraction of sp³-hybridized carbons (Fsp3) is 0.611. The average Bonchev–Trinajstić information content (AvgIpc) is 3.29. The number of ether oxygens (including phenoxy) is 1. The van der Waals surface area contributed by atoms with Crippen LogP contribution in [-0.2, 0) is 10.9 Å². The highest BCUT2D eigenvalue weighted by molar-refractivity contribution is 5.80. The molecule has 1 aromatic rings. The summed E-state index contributed by atoms with van der Waals surface area (Å²) >= 11 is 0. The van der Waals surface area contributed by atoms with Gasteiger partial charge in [0.2, 0.25) is 0 Å². The minimum atomic E-state index is -4.34. The lowest BCUT2D eigenvalue weighted by atomic mass is 10.0. The van der Waals surface area contributed by atoms with Crippen LogP contribution in [0.25, 0.3) is 0 Å². The van der Waals surface area contributed by atoms with Crippen LogP contribution in [0.1, 0.15) is 37.5 Å². The Bertz CT molecular complexity index is 632. The van der Waals surface area contributed by atoms with E-state index in [1.165, 1.54) is 12.1 Å². The molecule has 0 radical (unpaired) electrons. The molecule has 1 aliphatic carbocycles. The van der Waals surface area contributed by atoms with Crippen LogP contribution in [0, 0.1) is 5.92 Å². The van der Waals surface area contributed by atoms with Crippen LogP contribution in [0.3, 0.4) is 0 Å². The molecular formula is C18H24F3N3O. The highest BCUT2D eigenvalue weighted by atomic mass is 19.4. The third kappa shape index (κ3) is 4.45. The second kappa shape index (κ2) is 7.23. The fourth-order valence-electron chi connectivity index (χ4n) is 3.03. The zero-order valence-corrected chi connectivity index (χ0v) is 14.5. The molecule has 0 amide bonds. The molecule has 3 atom stereocenters. The van der Waals surface area contributed by atoms with E-state index < -0.39 is 17.8 Å². The maximum atomic E-state index is 12.9. The van der Waals surface area contributed by atoms with Crippen LogP contribution in [0.4, 0.5) is 13.2 Å². The monoisotopic (exact) mass is 355 g/mol. The molecule has 7 heteroatoms. The molecule has 1 saturated carbocycles. The molecule has 138 valence electrons.